The Bertz CT molecular complexity index is 1210. The van der Waals surface area contributed by atoms with E-state index < -0.39 is 35.6 Å². The van der Waals surface area contributed by atoms with Crippen LogP contribution < -0.4 is 0 Å². The first kappa shape index (κ1) is 26.3. The third-order valence-corrected chi connectivity index (χ3v) is 7.20. The summed E-state index contributed by atoms with van der Waals surface area (Å²) in [5.41, 5.74) is 3.67. The van der Waals surface area contributed by atoms with Crippen LogP contribution >= 0.6 is 11.8 Å². The number of ether oxygens (including phenoxy) is 4. The molecule has 1 aliphatic heterocycles. The number of carbonyl (C=O) groups excluding carboxylic acids is 3. The molecule has 0 unspecified atom stereocenters. The standard InChI is InChI=1S/C29H28O7S/c1-19-8-12-22(13-9-19)27(30)33-17-25-26(36-28(31)23-14-10-20(2)11-15-23)24(18-37-25)35-29(32)34-16-21-6-4-3-5-7-21/h3-15,24-26H,16-18H2,1-2H3/t24-,25-,26-/m1/s1. The maximum Gasteiger partial charge on any atom is 0.509 e. The van der Waals surface area contributed by atoms with Gasteiger partial charge in [0.1, 0.15) is 13.2 Å². The Kier molecular flexibility index (Phi) is 8.85. The first-order chi connectivity index (χ1) is 17.9. The minimum atomic E-state index is -0.858. The van der Waals surface area contributed by atoms with Crippen molar-refractivity contribution in [1.82, 2.24) is 0 Å². The molecule has 0 spiro atoms. The Morgan fingerprint density at radius 1 is 0.757 bits per heavy atom. The van der Waals surface area contributed by atoms with Gasteiger partial charge in [0.2, 0.25) is 0 Å². The van der Waals surface area contributed by atoms with Crippen LogP contribution in [0.25, 0.3) is 0 Å². The first-order valence-corrected chi connectivity index (χ1v) is 12.9. The highest BCUT2D eigenvalue weighted by molar-refractivity contribution is 8.00. The van der Waals surface area contributed by atoms with Gasteiger partial charge in [0.15, 0.2) is 12.2 Å². The van der Waals surface area contributed by atoms with Crippen molar-refractivity contribution in [2.24, 2.45) is 0 Å². The van der Waals surface area contributed by atoms with Crippen LogP contribution in [-0.2, 0) is 25.6 Å². The molecule has 0 aromatic heterocycles. The summed E-state index contributed by atoms with van der Waals surface area (Å²) in [6.07, 6.45) is -2.44. The maximum absolute atomic E-state index is 12.9. The highest BCUT2D eigenvalue weighted by atomic mass is 32.2. The number of hydrogen-bond donors (Lipinski definition) is 0. The summed E-state index contributed by atoms with van der Waals surface area (Å²) in [5, 5.41) is -0.421. The van der Waals surface area contributed by atoms with E-state index in [0.717, 1.165) is 16.7 Å². The molecule has 0 radical (unpaired) electrons. The fourth-order valence-electron chi connectivity index (χ4n) is 3.73. The molecule has 1 heterocycles. The number of rotatable bonds is 8. The van der Waals surface area contributed by atoms with Crippen LogP contribution in [0.1, 0.15) is 37.4 Å². The zero-order valence-corrected chi connectivity index (χ0v) is 21.4. The number of benzene rings is 3. The number of thioether (sulfide) groups is 1. The Morgan fingerprint density at radius 2 is 1.35 bits per heavy atom. The van der Waals surface area contributed by atoms with Gasteiger partial charge in [0, 0.05) is 5.75 Å². The van der Waals surface area contributed by atoms with Crippen molar-refractivity contribution in [2.75, 3.05) is 12.4 Å². The van der Waals surface area contributed by atoms with Crippen LogP contribution in [0.5, 0.6) is 0 Å². The van der Waals surface area contributed by atoms with Crippen LogP contribution in [0.4, 0.5) is 4.79 Å². The van der Waals surface area contributed by atoms with E-state index in [2.05, 4.69) is 0 Å². The molecule has 3 atom stereocenters. The van der Waals surface area contributed by atoms with Gasteiger partial charge in [-0.05, 0) is 43.7 Å². The van der Waals surface area contributed by atoms with Gasteiger partial charge in [-0.15, -0.1) is 11.8 Å². The summed E-state index contributed by atoms with van der Waals surface area (Å²) in [6.45, 7) is 3.90. The molecule has 1 aliphatic rings. The minimum Gasteiger partial charge on any atom is -0.461 e. The van der Waals surface area contributed by atoms with E-state index in [1.807, 2.05) is 68.4 Å². The molecule has 4 rings (SSSR count). The van der Waals surface area contributed by atoms with E-state index in [9.17, 15) is 14.4 Å². The number of aryl methyl sites for hydroxylation is 2. The Morgan fingerprint density at radius 3 is 1.97 bits per heavy atom. The second-order valence-electron chi connectivity index (χ2n) is 8.75. The van der Waals surface area contributed by atoms with E-state index >= 15 is 0 Å². The molecule has 3 aromatic rings. The van der Waals surface area contributed by atoms with Crippen molar-refractivity contribution in [3.63, 3.8) is 0 Å². The quantitative estimate of drug-likeness (QED) is 0.283. The van der Waals surface area contributed by atoms with Crippen molar-refractivity contribution >= 4 is 29.9 Å². The third kappa shape index (κ3) is 7.36. The van der Waals surface area contributed by atoms with Crippen LogP contribution in [0.2, 0.25) is 0 Å². The molecule has 0 amide bonds. The summed E-state index contributed by atoms with van der Waals surface area (Å²) in [4.78, 5) is 37.8. The molecule has 0 bridgehead atoms. The van der Waals surface area contributed by atoms with Gasteiger partial charge in [-0.2, -0.15) is 0 Å². The Hall–Kier alpha value is -3.78. The fourth-order valence-corrected chi connectivity index (χ4v) is 5.01. The van der Waals surface area contributed by atoms with E-state index in [4.69, 9.17) is 18.9 Å². The average molecular weight is 521 g/mol. The van der Waals surface area contributed by atoms with Gasteiger partial charge < -0.3 is 18.9 Å². The van der Waals surface area contributed by atoms with Gasteiger partial charge in [-0.3, -0.25) is 0 Å². The number of hydrogen-bond acceptors (Lipinski definition) is 8. The van der Waals surface area contributed by atoms with Gasteiger partial charge in [-0.1, -0.05) is 65.7 Å². The molecule has 192 valence electrons. The van der Waals surface area contributed by atoms with Crippen molar-refractivity contribution in [3.8, 4) is 0 Å². The monoisotopic (exact) mass is 520 g/mol. The SMILES string of the molecule is Cc1ccc(C(=O)OC[C@H]2SC[C@@H](OC(=O)OCc3ccccc3)[C@H]2OC(=O)c2ccc(C)cc2)cc1. The largest absolute Gasteiger partial charge is 0.509 e. The second kappa shape index (κ2) is 12.5. The zero-order chi connectivity index (χ0) is 26.2. The van der Waals surface area contributed by atoms with Crippen molar-refractivity contribution < 1.29 is 33.3 Å². The highest BCUT2D eigenvalue weighted by Gasteiger charge is 2.43. The smallest absolute Gasteiger partial charge is 0.461 e. The second-order valence-corrected chi connectivity index (χ2v) is 10.0. The number of esters is 2. The van der Waals surface area contributed by atoms with Crippen molar-refractivity contribution in [3.05, 3.63) is 107 Å². The van der Waals surface area contributed by atoms with Crippen LogP contribution in [0, 0.1) is 13.8 Å². The lowest BCUT2D eigenvalue weighted by atomic mass is 10.1. The summed E-state index contributed by atoms with van der Waals surface area (Å²) >= 11 is 1.41. The third-order valence-electron chi connectivity index (χ3n) is 5.85. The molecule has 1 saturated heterocycles. The van der Waals surface area contributed by atoms with E-state index in [0.29, 0.717) is 16.9 Å². The minimum absolute atomic E-state index is 0.0118. The summed E-state index contributed by atoms with van der Waals surface area (Å²) in [6, 6.07) is 23.3. The van der Waals surface area contributed by atoms with Crippen LogP contribution in [0.3, 0.4) is 0 Å². The van der Waals surface area contributed by atoms with Crippen LogP contribution in [-0.4, -0.2) is 47.9 Å². The average Bonchev–Trinajstić information content (AvgIpc) is 3.28. The van der Waals surface area contributed by atoms with Gasteiger partial charge >= 0.3 is 18.1 Å². The van der Waals surface area contributed by atoms with Gasteiger partial charge in [0.25, 0.3) is 0 Å². The lowest BCUT2D eigenvalue weighted by Crippen LogP contribution is -2.40. The van der Waals surface area contributed by atoms with Crippen molar-refractivity contribution in [1.29, 1.82) is 0 Å². The van der Waals surface area contributed by atoms with E-state index in [-0.39, 0.29) is 13.2 Å². The lowest BCUT2D eigenvalue weighted by Gasteiger charge is -2.24. The summed E-state index contributed by atoms with van der Waals surface area (Å²) < 4.78 is 22.1. The van der Waals surface area contributed by atoms with E-state index in [1.54, 1.807) is 24.3 Å². The zero-order valence-electron chi connectivity index (χ0n) is 20.6. The molecule has 7 nitrogen and oxygen atoms in total. The molecular formula is C29H28O7S. The van der Waals surface area contributed by atoms with Crippen LogP contribution in [0.15, 0.2) is 78.9 Å². The van der Waals surface area contributed by atoms with Crippen molar-refractivity contribution in [2.45, 2.75) is 37.9 Å². The molecule has 1 fully saturated rings. The Labute approximate surface area is 220 Å². The molecule has 0 saturated carbocycles. The first-order valence-electron chi connectivity index (χ1n) is 11.9. The summed E-state index contributed by atoms with van der Waals surface area (Å²) in [7, 11) is 0. The highest BCUT2D eigenvalue weighted by Crippen LogP contribution is 2.33. The van der Waals surface area contributed by atoms with E-state index in [1.165, 1.54) is 11.8 Å². The van der Waals surface area contributed by atoms with Gasteiger partial charge in [0.05, 0.1) is 16.4 Å². The molecule has 8 heteroatoms. The molecular weight excluding hydrogens is 492 g/mol. The molecule has 3 aromatic carbocycles. The predicted molar refractivity (Wildman–Crippen MR) is 140 cm³/mol. The number of carbonyl (C=O) groups is 3. The van der Waals surface area contributed by atoms with Gasteiger partial charge in [-0.25, -0.2) is 14.4 Å². The molecule has 0 aliphatic carbocycles. The lowest BCUT2D eigenvalue weighted by molar-refractivity contribution is -0.0400. The predicted octanol–water partition coefficient (Wildman–Crippen LogP) is 5.52. The summed E-state index contributed by atoms with van der Waals surface area (Å²) in [5.74, 6) is -0.663. The Balaban J connectivity index is 1.41. The fraction of sp³-hybridized carbons (Fsp3) is 0.276. The molecule has 37 heavy (non-hydrogen) atoms. The normalized spacial score (nSPS) is 18.6. The maximum atomic E-state index is 12.9. The topological polar surface area (TPSA) is 88.1 Å². The molecule has 0 N–H and O–H groups in total.